The molecule has 3 aromatic carbocycles. The molecule has 0 aliphatic rings. The van der Waals surface area contributed by atoms with Gasteiger partial charge in [0.1, 0.15) is 16.8 Å². The summed E-state index contributed by atoms with van der Waals surface area (Å²) in [6, 6.07) is 25.5. The number of anilines is 2. The second-order valence-electron chi connectivity index (χ2n) is 7.43. The van der Waals surface area contributed by atoms with Crippen LogP contribution in [-0.4, -0.2) is 24.1 Å². The van der Waals surface area contributed by atoms with Crippen LogP contribution in [0.1, 0.15) is 26.9 Å². The number of carbonyl (C=O) groups is 2. The van der Waals surface area contributed by atoms with Crippen molar-refractivity contribution in [1.82, 2.24) is 5.16 Å². The summed E-state index contributed by atoms with van der Waals surface area (Å²) in [5, 5.41) is 9.03. The largest absolute Gasteiger partial charge is 0.497 e. The number of nitrogens with one attached hydrogen (secondary N) is 2. The highest BCUT2D eigenvalue weighted by Crippen LogP contribution is 2.37. The van der Waals surface area contributed by atoms with E-state index in [0.717, 1.165) is 10.5 Å². The Kier molecular flexibility index (Phi) is 7.29. The van der Waals surface area contributed by atoms with Gasteiger partial charge in [-0.25, -0.2) is 0 Å². The van der Waals surface area contributed by atoms with Gasteiger partial charge >= 0.3 is 0 Å². The van der Waals surface area contributed by atoms with Crippen molar-refractivity contribution in [2.75, 3.05) is 17.7 Å². The van der Waals surface area contributed by atoms with Gasteiger partial charge in [-0.1, -0.05) is 47.6 Å². The monoisotopic (exact) mass is 473 g/mol. The van der Waals surface area contributed by atoms with E-state index < -0.39 is 5.25 Å². The molecule has 2 N–H and O–H groups in total. The first-order valence-corrected chi connectivity index (χ1v) is 11.4. The number of nitrogens with zero attached hydrogens (tertiary/aromatic N) is 1. The van der Waals surface area contributed by atoms with Gasteiger partial charge in [0.15, 0.2) is 5.82 Å². The minimum absolute atomic E-state index is 0.227. The first-order valence-electron chi connectivity index (χ1n) is 10.5. The molecule has 0 aliphatic heterocycles. The fourth-order valence-electron chi connectivity index (χ4n) is 3.27. The lowest BCUT2D eigenvalue weighted by Gasteiger charge is -2.17. The maximum atomic E-state index is 13.1. The van der Waals surface area contributed by atoms with Gasteiger partial charge in [-0.2, -0.15) is 0 Å². The lowest BCUT2D eigenvalue weighted by atomic mass is 10.1. The Bertz CT molecular complexity index is 1290. The number of benzene rings is 3. The quantitative estimate of drug-likeness (QED) is 0.318. The van der Waals surface area contributed by atoms with Gasteiger partial charge in [-0.05, 0) is 48.9 Å². The summed E-state index contributed by atoms with van der Waals surface area (Å²) in [5.74, 6) is 1.10. The Balaban J connectivity index is 1.53. The number of aromatic nitrogens is 1. The molecular weight excluding hydrogens is 450 g/mol. The summed E-state index contributed by atoms with van der Waals surface area (Å²) in [4.78, 5) is 26.7. The smallest absolute Gasteiger partial charge is 0.255 e. The van der Waals surface area contributed by atoms with Gasteiger partial charge in [0, 0.05) is 22.2 Å². The van der Waals surface area contributed by atoms with E-state index in [4.69, 9.17) is 9.26 Å². The fraction of sp³-hybridized carbons (Fsp3) is 0.115. The highest BCUT2D eigenvalue weighted by atomic mass is 32.2. The van der Waals surface area contributed by atoms with Gasteiger partial charge in [-0.3, -0.25) is 9.59 Å². The lowest BCUT2D eigenvalue weighted by Crippen LogP contribution is -2.19. The summed E-state index contributed by atoms with van der Waals surface area (Å²) < 4.78 is 10.2. The van der Waals surface area contributed by atoms with Crippen LogP contribution in [0.4, 0.5) is 11.5 Å². The second kappa shape index (κ2) is 10.7. The number of carbonyl (C=O) groups excluding carboxylic acids is 2. The Morgan fingerprint density at radius 3 is 2.47 bits per heavy atom. The van der Waals surface area contributed by atoms with Crippen molar-refractivity contribution in [2.45, 2.75) is 17.1 Å². The van der Waals surface area contributed by atoms with E-state index in [-0.39, 0.29) is 11.8 Å². The Morgan fingerprint density at radius 1 is 0.941 bits per heavy atom. The van der Waals surface area contributed by atoms with Crippen molar-refractivity contribution in [3.8, 4) is 5.75 Å². The minimum Gasteiger partial charge on any atom is -0.497 e. The van der Waals surface area contributed by atoms with E-state index in [1.54, 1.807) is 50.4 Å². The predicted molar refractivity (Wildman–Crippen MR) is 132 cm³/mol. The lowest BCUT2D eigenvalue weighted by molar-refractivity contribution is -0.115. The summed E-state index contributed by atoms with van der Waals surface area (Å²) in [5.41, 5.74) is 1.95. The van der Waals surface area contributed by atoms with E-state index in [0.29, 0.717) is 28.6 Å². The number of rotatable bonds is 8. The predicted octanol–water partition coefficient (Wildman–Crippen LogP) is 5.72. The van der Waals surface area contributed by atoms with Gasteiger partial charge in [0.2, 0.25) is 5.91 Å². The molecule has 1 atom stereocenters. The standard InChI is InChI=1S/C26H23N3O4S/c1-17-14-23(29-33-17)28-26(31)24(18-8-4-3-5-9-18)34-22-13-7-11-20(16-22)27-25(30)19-10-6-12-21(15-19)32-2/h3-16,24H,1-2H3,(H,27,30)(H,28,29,31). The Labute approximate surface area is 201 Å². The molecule has 0 fully saturated rings. The molecule has 0 aliphatic carbocycles. The summed E-state index contributed by atoms with van der Waals surface area (Å²) >= 11 is 1.38. The Morgan fingerprint density at radius 2 is 1.74 bits per heavy atom. The van der Waals surface area contributed by atoms with Crippen LogP contribution in [-0.2, 0) is 4.79 Å². The third-order valence-electron chi connectivity index (χ3n) is 4.90. The summed E-state index contributed by atoms with van der Waals surface area (Å²) in [6.45, 7) is 1.76. The number of hydrogen-bond acceptors (Lipinski definition) is 6. The van der Waals surface area contributed by atoms with E-state index >= 15 is 0 Å². The molecule has 172 valence electrons. The molecule has 1 heterocycles. The molecule has 2 amide bonds. The molecule has 0 radical (unpaired) electrons. The molecule has 0 saturated carbocycles. The van der Waals surface area contributed by atoms with E-state index in [1.165, 1.54) is 11.8 Å². The van der Waals surface area contributed by atoms with Crippen LogP contribution in [0, 0.1) is 6.92 Å². The summed E-state index contributed by atoms with van der Waals surface area (Å²) in [6.07, 6.45) is 0. The highest BCUT2D eigenvalue weighted by Gasteiger charge is 2.23. The van der Waals surface area contributed by atoms with E-state index in [1.807, 2.05) is 48.5 Å². The van der Waals surface area contributed by atoms with Crippen LogP contribution in [0.2, 0.25) is 0 Å². The molecule has 34 heavy (non-hydrogen) atoms. The average molecular weight is 474 g/mol. The number of methoxy groups -OCH3 is 1. The molecular formula is C26H23N3O4S. The molecule has 1 aromatic heterocycles. The van der Waals surface area contributed by atoms with Crippen molar-refractivity contribution in [3.63, 3.8) is 0 Å². The van der Waals surface area contributed by atoms with Gasteiger partial charge in [0.25, 0.3) is 5.91 Å². The average Bonchev–Trinajstić information content (AvgIpc) is 3.27. The van der Waals surface area contributed by atoms with Gasteiger partial charge in [-0.15, -0.1) is 11.8 Å². The molecule has 7 nitrogen and oxygen atoms in total. The number of ether oxygens (including phenoxy) is 1. The zero-order valence-corrected chi connectivity index (χ0v) is 19.5. The summed E-state index contributed by atoms with van der Waals surface area (Å²) in [7, 11) is 1.56. The maximum Gasteiger partial charge on any atom is 0.255 e. The van der Waals surface area contributed by atoms with Crippen molar-refractivity contribution in [2.24, 2.45) is 0 Å². The van der Waals surface area contributed by atoms with Crippen molar-refractivity contribution >= 4 is 35.1 Å². The molecule has 0 spiro atoms. The topological polar surface area (TPSA) is 93.5 Å². The molecule has 0 saturated heterocycles. The SMILES string of the molecule is COc1cccc(C(=O)Nc2cccc(SC(C(=O)Nc3cc(C)on3)c3ccccc3)c2)c1. The third kappa shape index (κ3) is 5.85. The molecule has 0 bridgehead atoms. The van der Waals surface area contributed by atoms with Crippen molar-refractivity contribution < 1.29 is 18.8 Å². The van der Waals surface area contributed by atoms with Crippen molar-refractivity contribution in [1.29, 1.82) is 0 Å². The van der Waals surface area contributed by atoms with Crippen LogP contribution in [0.25, 0.3) is 0 Å². The molecule has 8 heteroatoms. The number of hydrogen-bond donors (Lipinski definition) is 2. The van der Waals surface area contributed by atoms with Crippen LogP contribution in [0.5, 0.6) is 5.75 Å². The van der Waals surface area contributed by atoms with Crippen LogP contribution >= 0.6 is 11.8 Å². The zero-order chi connectivity index (χ0) is 23.9. The van der Waals surface area contributed by atoms with E-state index in [9.17, 15) is 9.59 Å². The first kappa shape index (κ1) is 23.1. The van der Waals surface area contributed by atoms with Gasteiger partial charge < -0.3 is 19.9 Å². The molecule has 4 aromatic rings. The van der Waals surface area contributed by atoms with Crippen LogP contribution in [0.15, 0.2) is 94.3 Å². The normalized spacial score (nSPS) is 11.5. The van der Waals surface area contributed by atoms with Crippen LogP contribution < -0.4 is 15.4 Å². The maximum absolute atomic E-state index is 13.1. The number of thioether (sulfide) groups is 1. The van der Waals surface area contributed by atoms with Crippen LogP contribution in [0.3, 0.4) is 0 Å². The van der Waals surface area contributed by atoms with Gasteiger partial charge in [0.05, 0.1) is 7.11 Å². The minimum atomic E-state index is -0.539. The highest BCUT2D eigenvalue weighted by molar-refractivity contribution is 8.00. The fourth-order valence-corrected chi connectivity index (χ4v) is 4.35. The molecule has 1 unspecified atom stereocenters. The molecule has 4 rings (SSSR count). The third-order valence-corrected chi connectivity index (χ3v) is 6.15. The first-order chi connectivity index (χ1) is 16.5. The number of aryl methyl sites for hydroxylation is 1. The zero-order valence-electron chi connectivity index (χ0n) is 18.6. The number of amides is 2. The second-order valence-corrected chi connectivity index (χ2v) is 8.61. The Hall–Kier alpha value is -4.04. The van der Waals surface area contributed by atoms with Crippen molar-refractivity contribution in [3.05, 3.63) is 102 Å². The van der Waals surface area contributed by atoms with E-state index in [2.05, 4.69) is 15.8 Å².